The Hall–Kier alpha value is -1.40. The smallest absolute Gasteiger partial charge is 0.224 e. The van der Waals surface area contributed by atoms with Crippen LogP contribution in [0.25, 0.3) is 0 Å². The van der Waals surface area contributed by atoms with Crippen LogP contribution >= 0.6 is 15.9 Å². The van der Waals surface area contributed by atoms with Crippen LogP contribution in [0.1, 0.15) is 20.3 Å². The van der Waals surface area contributed by atoms with Gasteiger partial charge in [-0.05, 0) is 24.7 Å². The Kier molecular flexibility index (Phi) is 6.59. The van der Waals surface area contributed by atoms with Gasteiger partial charge in [0.1, 0.15) is 0 Å². The highest BCUT2D eigenvalue weighted by Crippen LogP contribution is 2.20. The minimum atomic E-state index is -0.0493. The zero-order valence-corrected chi connectivity index (χ0v) is 15.4. The molecule has 0 atom stereocenters. The van der Waals surface area contributed by atoms with Crippen molar-refractivity contribution in [2.45, 2.75) is 20.3 Å². The molecule has 0 unspecified atom stereocenters. The molecule has 1 aromatic rings. The molecule has 1 aliphatic heterocycles. The van der Waals surface area contributed by atoms with E-state index in [1.165, 1.54) is 6.92 Å². The van der Waals surface area contributed by atoms with Gasteiger partial charge in [0.05, 0.1) is 0 Å². The fraction of sp³-hybridized carbons (Fsp3) is 0.529. The molecule has 6 heteroatoms. The second kappa shape index (κ2) is 8.45. The number of piperazine rings is 1. The summed E-state index contributed by atoms with van der Waals surface area (Å²) in [5.74, 6) is 0.0775. The first-order chi connectivity index (χ1) is 11.0. The maximum atomic E-state index is 12.4. The maximum absolute atomic E-state index is 12.4. The minimum absolute atomic E-state index is 0.0493. The highest BCUT2D eigenvalue weighted by atomic mass is 79.9. The number of amides is 2. The Morgan fingerprint density at radius 2 is 1.91 bits per heavy atom. The van der Waals surface area contributed by atoms with Crippen LogP contribution in [-0.4, -0.2) is 60.9 Å². The Balaban J connectivity index is 1.92. The third-order valence-electron chi connectivity index (χ3n) is 4.22. The molecule has 1 aromatic carbocycles. The van der Waals surface area contributed by atoms with Crippen molar-refractivity contribution >= 4 is 33.4 Å². The maximum Gasteiger partial charge on any atom is 0.224 e. The Morgan fingerprint density at radius 1 is 1.22 bits per heavy atom. The number of hydrogen-bond donors (Lipinski definition) is 0. The highest BCUT2D eigenvalue weighted by molar-refractivity contribution is 9.10. The molecule has 1 fully saturated rings. The highest BCUT2D eigenvalue weighted by Gasteiger charge is 2.21. The molecule has 1 heterocycles. The largest absolute Gasteiger partial charge is 0.340 e. The standard InChI is InChI=1S/C17H24BrN3O2/c1-3-19-9-11-20(12-10-19)17(23)7-8-21(14(2)22)16-6-4-5-15(18)13-16/h4-6,13H,3,7-12H2,1-2H3. The molecule has 2 rings (SSSR count). The minimum Gasteiger partial charge on any atom is -0.340 e. The lowest BCUT2D eigenvalue weighted by Gasteiger charge is -2.34. The third kappa shape index (κ3) is 5.04. The predicted octanol–water partition coefficient (Wildman–Crippen LogP) is 2.36. The van der Waals surface area contributed by atoms with Crippen molar-refractivity contribution in [2.24, 2.45) is 0 Å². The SMILES string of the molecule is CCN1CCN(C(=O)CCN(C(C)=O)c2cccc(Br)c2)CC1. The summed E-state index contributed by atoms with van der Waals surface area (Å²) in [6, 6.07) is 7.59. The number of halogens is 1. The number of rotatable bonds is 5. The summed E-state index contributed by atoms with van der Waals surface area (Å²) in [5, 5.41) is 0. The first-order valence-electron chi connectivity index (χ1n) is 8.05. The molecular formula is C17H24BrN3O2. The molecule has 5 nitrogen and oxygen atoms in total. The predicted molar refractivity (Wildman–Crippen MR) is 95.5 cm³/mol. The molecule has 0 spiro atoms. The van der Waals surface area contributed by atoms with E-state index in [2.05, 4.69) is 27.8 Å². The molecule has 0 aliphatic carbocycles. The summed E-state index contributed by atoms with van der Waals surface area (Å²) in [4.78, 5) is 30.2. The van der Waals surface area contributed by atoms with Crippen molar-refractivity contribution in [3.63, 3.8) is 0 Å². The van der Waals surface area contributed by atoms with Crippen molar-refractivity contribution in [1.29, 1.82) is 0 Å². The van der Waals surface area contributed by atoms with Crippen molar-refractivity contribution in [1.82, 2.24) is 9.80 Å². The van der Waals surface area contributed by atoms with Crippen molar-refractivity contribution in [3.05, 3.63) is 28.7 Å². The molecule has 0 saturated carbocycles. The van der Waals surface area contributed by atoms with E-state index in [0.717, 1.165) is 42.9 Å². The summed E-state index contributed by atoms with van der Waals surface area (Å²) in [5.41, 5.74) is 0.815. The molecule has 0 N–H and O–H groups in total. The summed E-state index contributed by atoms with van der Waals surface area (Å²) in [6.07, 6.45) is 0.359. The Morgan fingerprint density at radius 3 is 2.48 bits per heavy atom. The lowest BCUT2D eigenvalue weighted by molar-refractivity contribution is -0.132. The first-order valence-corrected chi connectivity index (χ1v) is 8.84. The molecule has 1 saturated heterocycles. The van der Waals surface area contributed by atoms with Crippen LogP contribution in [0.15, 0.2) is 28.7 Å². The summed E-state index contributed by atoms with van der Waals surface area (Å²) in [6.45, 7) is 8.55. The van der Waals surface area contributed by atoms with Gasteiger partial charge in [-0.1, -0.05) is 28.9 Å². The van der Waals surface area contributed by atoms with Gasteiger partial charge < -0.3 is 14.7 Å². The molecule has 0 bridgehead atoms. The second-order valence-electron chi connectivity index (χ2n) is 5.72. The number of carbonyl (C=O) groups excluding carboxylic acids is 2. The van der Waals surface area contributed by atoms with Gasteiger partial charge in [0.25, 0.3) is 0 Å². The summed E-state index contributed by atoms with van der Waals surface area (Å²) in [7, 11) is 0. The number of likely N-dealkylation sites (N-methyl/N-ethyl adjacent to an activating group) is 1. The van der Waals surface area contributed by atoms with Crippen LogP contribution in [0.3, 0.4) is 0 Å². The van der Waals surface area contributed by atoms with Gasteiger partial charge in [-0.15, -0.1) is 0 Å². The van der Waals surface area contributed by atoms with Crippen molar-refractivity contribution < 1.29 is 9.59 Å². The van der Waals surface area contributed by atoms with Gasteiger partial charge in [0, 0.05) is 56.2 Å². The molecule has 0 radical (unpaired) electrons. The average molecular weight is 382 g/mol. The van der Waals surface area contributed by atoms with Gasteiger partial charge in [0.2, 0.25) is 11.8 Å². The molecule has 2 amide bonds. The lowest BCUT2D eigenvalue weighted by atomic mass is 10.2. The molecule has 23 heavy (non-hydrogen) atoms. The van der Waals surface area contributed by atoms with Crippen LogP contribution < -0.4 is 4.90 Å². The zero-order chi connectivity index (χ0) is 16.8. The van der Waals surface area contributed by atoms with Crippen molar-refractivity contribution in [3.8, 4) is 0 Å². The van der Waals surface area contributed by atoms with E-state index < -0.39 is 0 Å². The zero-order valence-electron chi connectivity index (χ0n) is 13.8. The molecule has 1 aliphatic rings. The molecular weight excluding hydrogens is 358 g/mol. The van der Waals surface area contributed by atoms with Gasteiger partial charge in [-0.2, -0.15) is 0 Å². The number of carbonyl (C=O) groups is 2. The van der Waals surface area contributed by atoms with Gasteiger partial charge in [0.15, 0.2) is 0 Å². The topological polar surface area (TPSA) is 43.9 Å². The molecule has 0 aromatic heterocycles. The van der Waals surface area contributed by atoms with Gasteiger partial charge >= 0.3 is 0 Å². The van der Waals surface area contributed by atoms with Gasteiger partial charge in [-0.3, -0.25) is 9.59 Å². The normalized spacial score (nSPS) is 15.5. The Bertz CT molecular complexity index is 557. The van der Waals surface area contributed by atoms with Gasteiger partial charge in [-0.25, -0.2) is 0 Å². The fourth-order valence-corrected chi connectivity index (χ4v) is 3.18. The van der Waals surface area contributed by atoms with E-state index in [4.69, 9.17) is 0 Å². The van der Waals surface area contributed by atoms with Crippen LogP contribution in [0.2, 0.25) is 0 Å². The van der Waals surface area contributed by atoms with Crippen LogP contribution in [0.5, 0.6) is 0 Å². The van der Waals surface area contributed by atoms with Crippen molar-refractivity contribution in [2.75, 3.05) is 44.2 Å². The van der Waals surface area contributed by atoms with E-state index in [0.29, 0.717) is 13.0 Å². The first kappa shape index (κ1) is 17.9. The Labute approximate surface area is 146 Å². The average Bonchev–Trinajstić information content (AvgIpc) is 2.54. The molecule has 126 valence electrons. The number of anilines is 1. The van der Waals surface area contributed by atoms with Crippen LogP contribution in [-0.2, 0) is 9.59 Å². The van der Waals surface area contributed by atoms with Crippen LogP contribution in [0.4, 0.5) is 5.69 Å². The van der Waals surface area contributed by atoms with E-state index in [1.807, 2.05) is 29.2 Å². The van der Waals surface area contributed by atoms with Crippen LogP contribution in [0, 0.1) is 0 Å². The van der Waals surface area contributed by atoms with E-state index in [-0.39, 0.29) is 11.8 Å². The fourth-order valence-electron chi connectivity index (χ4n) is 2.79. The van der Waals surface area contributed by atoms with E-state index in [1.54, 1.807) is 4.90 Å². The summed E-state index contributed by atoms with van der Waals surface area (Å²) >= 11 is 3.42. The van der Waals surface area contributed by atoms with E-state index >= 15 is 0 Å². The lowest BCUT2D eigenvalue weighted by Crippen LogP contribution is -2.49. The number of benzene rings is 1. The second-order valence-corrected chi connectivity index (χ2v) is 6.63. The number of hydrogen-bond acceptors (Lipinski definition) is 3. The van der Waals surface area contributed by atoms with E-state index in [9.17, 15) is 9.59 Å². The third-order valence-corrected chi connectivity index (χ3v) is 4.71. The quantitative estimate of drug-likeness (QED) is 0.786. The monoisotopic (exact) mass is 381 g/mol. The number of nitrogens with zero attached hydrogens (tertiary/aromatic N) is 3. The summed E-state index contributed by atoms with van der Waals surface area (Å²) < 4.78 is 0.920.